The van der Waals surface area contributed by atoms with Crippen LogP contribution in [-0.4, -0.2) is 16.2 Å². The van der Waals surface area contributed by atoms with Crippen molar-refractivity contribution in [3.63, 3.8) is 0 Å². The fraction of sp³-hybridized carbons (Fsp3) is 0. The number of nitrogens with zero attached hydrogens (tertiary/aromatic N) is 2. The molecule has 0 N–H and O–H groups in total. The number of carboxylic acid groups (broad SMARTS) is 1. The van der Waals surface area contributed by atoms with Gasteiger partial charge in [-0.25, -0.2) is 0 Å². The summed E-state index contributed by atoms with van der Waals surface area (Å²) in [7, 11) is 0. The topological polar surface area (TPSA) is 79.0 Å². The summed E-state index contributed by atoms with van der Waals surface area (Å²) >= 11 is 12.0. The zero-order valence-corrected chi connectivity index (χ0v) is 13.6. The van der Waals surface area contributed by atoms with Crippen molar-refractivity contribution in [3.8, 4) is 11.5 Å². The molecule has 3 aromatic rings. The molecule has 0 bridgehead atoms. The standard InChI is InChI=1S/C17H10Cl2N2O3/c18-13-7-5-11(6-8-13)15-20-21-16(24-15)14(19)9-10-1-3-12(4-2-10)17(22)23/h1-9H,(H,22,23)/p-1/b14-9-. The van der Waals surface area contributed by atoms with E-state index < -0.39 is 5.97 Å². The minimum atomic E-state index is -1.24. The molecule has 24 heavy (non-hydrogen) atoms. The Morgan fingerprint density at radius 2 is 1.71 bits per heavy atom. The Bertz CT molecular complexity index is 900. The molecule has 0 radical (unpaired) electrons. The Morgan fingerprint density at radius 3 is 2.33 bits per heavy atom. The third-order valence-corrected chi connectivity index (χ3v) is 3.68. The van der Waals surface area contributed by atoms with Crippen molar-refractivity contribution < 1.29 is 14.3 Å². The van der Waals surface area contributed by atoms with Crippen LogP contribution in [0.2, 0.25) is 5.02 Å². The van der Waals surface area contributed by atoms with Gasteiger partial charge in [0.15, 0.2) is 0 Å². The minimum absolute atomic E-state index is 0.0890. The predicted molar refractivity (Wildman–Crippen MR) is 89.2 cm³/mol. The summed E-state index contributed by atoms with van der Waals surface area (Å²) in [5, 5.41) is 19.4. The van der Waals surface area contributed by atoms with Crippen molar-refractivity contribution in [1.82, 2.24) is 10.2 Å². The SMILES string of the molecule is O=C([O-])c1ccc(/C=C(\Cl)c2nnc(-c3ccc(Cl)cc3)o2)cc1. The molecule has 0 aliphatic carbocycles. The Morgan fingerprint density at radius 1 is 1.04 bits per heavy atom. The van der Waals surface area contributed by atoms with E-state index in [1.54, 1.807) is 42.5 Å². The summed E-state index contributed by atoms with van der Waals surface area (Å²) in [6.45, 7) is 0. The van der Waals surface area contributed by atoms with Crippen molar-refractivity contribution in [2.75, 3.05) is 0 Å². The highest BCUT2D eigenvalue weighted by atomic mass is 35.5. The zero-order chi connectivity index (χ0) is 17.1. The van der Waals surface area contributed by atoms with E-state index in [0.717, 1.165) is 5.56 Å². The van der Waals surface area contributed by atoms with Crippen molar-refractivity contribution >= 4 is 40.3 Å². The van der Waals surface area contributed by atoms with Crippen molar-refractivity contribution in [1.29, 1.82) is 0 Å². The summed E-state index contributed by atoms with van der Waals surface area (Å²) in [4.78, 5) is 10.7. The first kappa shape index (κ1) is 16.2. The number of aromatic carboxylic acids is 1. The molecule has 120 valence electrons. The molecule has 0 spiro atoms. The largest absolute Gasteiger partial charge is 0.545 e. The number of hydrogen-bond acceptors (Lipinski definition) is 5. The van der Waals surface area contributed by atoms with Gasteiger partial charge in [0.1, 0.15) is 5.03 Å². The van der Waals surface area contributed by atoms with E-state index in [1.807, 2.05) is 0 Å². The van der Waals surface area contributed by atoms with Gasteiger partial charge in [-0.2, -0.15) is 0 Å². The smallest absolute Gasteiger partial charge is 0.259 e. The molecular formula is C17H9Cl2N2O3-. The van der Waals surface area contributed by atoms with Crippen LogP contribution in [0.15, 0.2) is 52.9 Å². The van der Waals surface area contributed by atoms with Crippen LogP contribution in [0.4, 0.5) is 0 Å². The van der Waals surface area contributed by atoms with Gasteiger partial charge in [-0.05, 0) is 41.5 Å². The second-order valence-electron chi connectivity index (χ2n) is 4.82. The number of aromatic nitrogens is 2. The molecule has 5 nitrogen and oxygen atoms in total. The molecule has 0 fully saturated rings. The van der Waals surface area contributed by atoms with Gasteiger partial charge in [-0.15, -0.1) is 10.2 Å². The summed E-state index contributed by atoms with van der Waals surface area (Å²) in [6.07, 6.45) is 1.60. The first-order chi connectivity index (χ1) is 11.5. The van der Waals surface area contributed by atoms with E-state index >= 15 is 0 Å². The molecule has 3 rings (SSSR count). The molecule has 0 amide bonds. The van der Waals surface area contributed by atoms with Crippen LogP contribution < -0.4 is 5.11 Å². The Balaban J connectivity index is 1.83. The molecular weight excluding hydrogens is 351 g/mol. The van der Waals surface area contributed by atoms with Crippen LogP contribution in [0, 0.1) is 0 Å². The molecule has 0 aliphatic heterocycles. The average molecular weight is 360 g/mol. The lowest BCUT2D eigenvalue weighted by Crippen LogP contribution is -2.21. The Labute approximate surface area is 147 Å². The van der Waals surface area contributed by atoms with Crippen molar-refractivity contribution in [3.05, 3.63) is 70.6 Å². The first-order valence-corrected chi connectivity index (χ1v) is 7.57. The fourth-order valence-corrected chi connectivity index (χ4v) is 2.28. The second kappa shape index (κ2) is 6.86. The van der Waals surface area contributed by atoms with E-state index in [1.165, 1.54) is 12.1 Å². The van der Waals surface area contributed by atoms with Gasteiger partial charge < -0.3 is 14.3 Å². The fourth-order valence-electron chi connectivity index (χ4n) is 1.95. The van der Waals surface area contributed by atoms with E-state index in [-0.39, 0.29) is 16.5 Å². The monoisotopic (exact) mass is 359 g/mol. The number of carbonyl (C=O) groups excluding carboxylic acids is 1. The lowest BCUT2D eigenvalue weighted by atomic mass is 10.1. The van der Waals surface area contributed by atoms with Gasteiger partial charge in [-0.3, -0.25) is 0 Å². The number of benzene rings is 2. The lowest BCUT2D eigenvalue weighted by molar-refractivity contribution is -0.255. The lowest BCUT2D eigenvalue weighted by Gasteiger charge is -2.02. The number of carboxylic acids is 1. The summed E-state index contributed by atoms with van der Waals surface area (Å²) in [6, 6.07) is 13.0. The molecule has 0 saturated carbocycles. The van der Waals surface area contributed by atoms with Gasteiger partial charge in [0.25, 0.3) is 5.89 Å². The summed E-state index contributed by atoms with van der Waals surface area (Å²) < 4.78 is 5.54. The average Bonchev–Trinajstić information content (AvgIpc) is 3.06. The highest BCUT2D eigenvalue weighted by Crippen LogP contribution is 2.26. The molecule has 0 saturated heterocycles. The molecule has 0 atom stereocenters. The van der Waals surface area contributed by atoms with Crippen molar-refractivity contribution in [2.45, 2.75) is 0 Å². The van der Waals surface area contributed by atoms with Gasteiger partial charge in [-0.1, -0.05) is 47.5 Å². The highest BCUT2D eigenvalue weighted by Gasteiger charge is 2.11. The summed E-state index contributed by atoms with van der Waals surface area (Å²) in [5.41, 5.74) is 1.50. The van der Waals surface area contributed by atoms with Crippen LogP contribution in [-0.2, 0) is 0 Å². The third kappa shape index (κ3) is 3.64. The van der Waals surface area contributed by atoms with Crippen LogP contribution in [0.5, 0.6) is 0 Å². The Kier molecular flexibility index (Phi) is 4.64. The van der Waals surface area contributed by atoms with E-state index in [4.69, 9.17) is 27.6 Å². The van der Waals surface area contributed by atoms with Gasteiger partial charge in [0.2, 0.25) is 5.89 Å². The van der Waals surface area contributed by atoms with E-state index in [2.05, 4.69) is 10.2 Å². The van der Waals surface area contributed by atoms with Crippen LogP contribution in [0.3, 0.4) is 0 Å². The first-order valence-electron chi connectivity index (χ1n) is 6.81. The number of rotatable bonds is 4. The Hall–Kier alpha value is -2.63. The normalized spacial score (nSPS) is 11.5. The quantitative estimate of drug-likeness (QED) is 0.712. The maximum absolute atomic E-state index is 10.7. The summed E-state index contributed by atoms with van der Waals surface area (Å²) in [5.74, 6) is -0.757. The number of halogens is 2. The van der Waals surface area contributed by atoms with Crippen LogP contribution in [0.1, 0.15) is 21.8 Å². The molecule has 0 aliphatic rings. The molecule has 1 heterocycles. The molecule has 1 aromatic heterocycles. The van der Waals surface area contributed by atoms with Crippen LogP contribution in [0.25, 0.3) is 22.6 Å². The van der Waals surface area contributed by atoms with Gasteiger partial charge in [0, 0.05) is 10.6 Å². The number of carbonyl (C=O) groups is 1. The minimum Gasteiger partial charge on any atom is -0.545 e. The number of hydrogen-bond donors (Lipinski definition) is 0. The van der Waals surface area contributed by atoms with E-state index in [0.29, 0.717) is 16.5 Å². The van der Waals surface area contributed by atoms with Gasteiger partial charge >= 0.3 is 0 Å². The second-order valence-corrected chi connectivity index (χ2v) is 5.66. The van der Waals surface area contributed by atoms with E-state index in [9.17, 15) is 9.90 Å². The maximum Gasteiger partial charge on any atom is 0.259 e. The molecule has 7 heteroatoms. The maximum atomic E-state index is 10.7. The third-order valence-electron chi connectivity index (χ3n) is 3.16. The van der Waals surface area contributed by atoms with Gasteiger partial charge in [0.05, 0.1) is 5.97 Å². The molecule has 2 aromatic carbocycles. The predicted octanol–water partition coefficient (Wildman–Crippen LogP) is 3.49. The zero-order valence-electron chi connectivity index (χ0n) is 12.1. The van der Waals surface area contributed by atoms with Crippen molar-refractivity contribution in [2.24, 2.45) is 0 Å². The molecule has 0 unspecified atom stereocenters. The van der Waals surface area contributed by atoms with Crippen LogP contribution >= 0.6 is 23.2 Å². The highest BCUT2D eigenvalue weighted by molar-refractivity contribution is 6.50.